The summed E-state index contributed by atoms with van der Waals surface area (Å²) in [6, 6.07) is 5.59. The molecule has 1 aromatic carbocycles. The number of nitrogens with one attached hydrogen (secondary N) is 1. The number of benzene rings is 1. The quantitative estimate of drug-likeness (QED) is 0.834. The van der Waals surface area contributed by atoms with Gasteiger partial charge in [-0.1, -0.05) is 43.9 Å². The zero-order chi connectivity index (χ0) is 13.7. The van der Waals surface area contributed by atoms with Gasteiger partial charge in [0.1, 0.15) is 5.82 Å². The Balaban J connectivity index is 2.04. The molecule has 0 spiro atoms. The van der Waals surface area contributed by atoms with Crippen LogP contribution < -0.4 is 5.32 Å². The maximum atomic E-state index is 13.2. The van der Waals surface area contributed by atoms with Crippen LogP contribution in [-0.2, 0) is 6.42 Å². The summed E-state index contributed by atoms with van der Waals surface area (Å²) in [5, 5.41) is 3.83. The van der Waals surface area contributed by atoms with E-state index in [4.69, 9.17) is 11.6 Å². The van der Waals surface area contributed by atoms with Crippen molar-refractivity contribution in [2.24, 2.45) is 5.92 Å². The van der Waals surface area contributed by atoms with Gasteiger partial charge in [0, 0.05) is 6.04 Å². The average molecular weight is 284 g/mol. The van der Waals surface area contributed by atoms with Crippen molar-refractivity contribution in [2.45, 2.75) is 51.5 Å². The molecule has 0 bridgehead atoms. The molecule has 2 rings (SSSR count). The fourth-order valence-corrected chi connectivity index (χ4v) is 3.33. The molecule has 106 valence electrons. The summed E-state index contributed by atoms with van der Waals surface area (Å²) in [5.74, 6) is 0.417. The number of halogens is 2. The second-order valence-electron chi connectivity index (χ2n) is 5.51. The van der Waals surface area contributed by atoms with E-state index in [2.05, 4.69) is 12.2 Å². The summed E-state index contributed by atoms with van der Waals surface area (Å²) < 4.78 is 13.2. The van der Waals surface area contributed by atoms with Crippen LogP contribution >= 0.6 is 11.6 Å². The number of likely N-dealkylation sites (N-methyl/N-ethyl adjacent to an activating group) is 1. The molecule has 1 aliphatic rings. The topological polar surface area (TPSA) is 12.0 Å². The van der Waals surface area contributed by atoms with Crippen molar-refractivity contribution in [1.29, 1.82) is 0 Å². The molecule has 1 N–H and O–H groups in total. The summed E-state index contributed by atoms with van der Waals surface area (Å²) in [4.78, 5) is 0. The Morgan fingerprint density at radius 2 is 2.05 bits per heavy atom. The second-order valence-corrected chi connectivity index (χ2v) is 5.92. The van der Waals surface area contributed by atoms with Gasteiger partial charge in [0.15, 0.2) is 0 Å². The molecule has 1 aliphatic carbocycles. The van der Waals surface area contributed by atoms with E-state index in [1.807, 2.05) is 6.07 Å². The highest BCUT2D eigenvalue weighted by Gasteiger charge is 2.23. The van der Waals surface area contributed by atoms with Crippen molar-refractivity contribution < 1.29 is 4.39 Å². The Labute approximate surface area is 120 Å². The lowest BCUT2D eigenvalue weighted by molar-refractivity contribution is 0.269. The molecule has 1 nitrogen and oxygen atoms in total. The number of hydrogen-bond acceptors (Lipinski definition) is 1. The molecular weight excluding hydrogens is 261 g/mol. The minimum atomic E-state index is -0.330. The van der Waals surface area contributed by atoms with Crippen LogP contribution in [-0.4, -0.2) is 12.6 Å². The normalized spacial score (nSPS) is 18.5. The second kappa shape index (κ2) is 7.25. The zero-order valence-electron chi connectivity index (χ0n) is 11.6. The molecule has 0 amide bonds. The predicted molar refractivity (Wildman–Crippen MR) is 79.2 cm³/mol. The lowest BCUT2D eigenvalue weighted by atomic mass is 9.81. The highest BCUT2D eigenvalue weighted by atomic mass is 35.5. The Morgan fingerprint density at radius 1 is 1.32 bits per heavy atom. The first-order chi connectivity index (χ1) is 9.20. The van der Waals surface area contributed by atoms with Crippen LogP contribution in [0.25, 0.3) is 0 Å². The van der Waals surface area contributed by atoms with Crippen LogP contribution in [0.2, 0.25) is 5.02 Å². The van der Waals surface area contributed by atoms with E-state index in [0.29, 0.717) is 6.04 Å². The van der Waals surface area contributed by atoms with Crippen LogP contribution in [0.3, 0.4) is 0 Å². The lowest BCUT2D eigenvalue weighted by Gasteiger charge is -2.31. The SMILES string of the molecule is CCNC(Cc1ccc(F)c(Cl)c1)C1CCCCC1. The molecule has 0 aromatic heterocycles. The van der Waals surface area contributed by atoms with Crippen molar-refractivity contribution >= 4 is 11.6 Å². The van der Waals surface area contributed by atoms with E-state index in [1.54, 1.807) is 6.07 Å². The lowest BCUT2D eigenvalue weighted by Crippen LogP contribution is -2.38. The molecular formula is C16H23ClFN. The van der Waals surface area contributed by atoms with Gasteiger partial charge in [-0.05, 0) is 49.4 Å². The van der Waals surface area contributed by atoms with Gasteiger partial charge >= 0.3 is 0 Å². The maximum Gasteiger partial charge on any atom is 0.141 e. The van der Waals surface area contributed by atoms with Crippen molar-refractivity contribution in [3.05, 3.63) is 34.6 Å². The van der Waals surface area contributed by atoms with Crippen molar-refractivity contribution in [3.8, 4) is 0 Å². The van der Waals surface area contributed by atoms with Gasteiger partial charge in [-0.25, -0.2) is 4.39 Å². The Bertz CT molecular complexity index is 402. The van der Waals surface area contributed by atoms with Gasteiger partial charge in [-0.3, -0.25) is 0 Å². The van der Waals surface area contributed by atoms with Crippen LogP contribution in [0.5, 0.6) is 0 Å². The van der Waals surface area contributed by atoms with Crippen molar-refractivity contribution in [3.63, 3.8) is 0 Å². The molecule has 0 radical (unpaired) electrons. The highest BCUT2D eigenvalue weighted by molar-refractivity contribution is 6.30. The summed E-state index contributed by atoms with van der Waals surface area (Å²) >= 11 is 5.86. The monoisotopic (exact) mass is 283 g/mol. The van der Waals surface area contributed by atoms with E-state index in [9.17, 15) is 4.39 Å². The average Bonchev–Trinajstić information content (AvgIpc) is 2.43. The first-order valence-corrected chi connectivity index (χ1v) is 7.75. The van der Waals surface area contributed by atoms with Gasteiger partial charge in [0.25, 0.3) is 0 Å². The highest BCUT2D eigenvalue weighted by Crippen LogP contribution is 2.28. The Hall–Kier alpha value is -0.600. The standard InChI is InChI=1S/C16H23ClFN/c1-2-19-16(13-6-4-3-5-7-13)11-12-8-9-15(18)14(17)10-12/h8-10,13,16,19H,2-7,11H2,1H3. The molecule has 0 aliphatic heterocycles. The third-order valence-corrected chi connectivity index (χ3v) is 4.41. The minimum Gasteiger partial charge on any atom is -0.314 e. The summed E-state index contributed by atoms with van der Waals surface area (Å²) in [7, 11) is 0. The first-order valence-electron chi connectivity index (χ1n) is 7.38. The van der Waals surface area contributed by atoms with E-state index < -0.39 is 0 Å². The van der Waals surface area contributed by atoms with E-state index >= 15 is 0 Å². The Morgan fingerprint density at radius 3 is 2.68 bits per heavy atom. The summed E-state index contributed by atoms with van der Waals surface area (Å²) in [5.41, 5.74) is 1.13. The molecule has 1 unspecified atom stereocenters. The van der Waals surface area contributed by atoms with Gasteiger partial charge in [-0.15, -0.1) is 0 Å². The van der Waals surface area contributed by atoms with E-state index in [1.165, 1.54) is 38.2 Å². The van der Waals surface area contributed by atoms with Gasteiger partial charge < -0.3 is 5.32 Å². The molecule has 3 heteroatoms. The number of hydrogen-bond donors (Lipinski definition) is 1. The molecule has 19 heavy (non-hydrogen) atoms. The summed E-state index contributed by atoms with van der Waals surface area (Å²) in [6.07, 6.45) is 7.63. The third kappa shape index (κ3) is 4.19. The van der Waals surface area contributed by atoms with Crippen LogP contribution in [0.1, 0.15) is 44.6 Å². The third-order valence-electron chi connectivity index (χ3n) is 4.12. The Kier molecular flexibility index (Phi) is 5.65. The van der Waals surface area contributed by atoms with Gasteiger partial charge in [-0.2, -0.15) is 0 Å². The van der Waals surface area contributed by atoms with Crippen molar-refractivity contribution in [2.75, 3.05) is 6.54 Å². The fourth-order valence-electron chi connectivity index (χ4n) is 3.12. The van der Waals surface area contributed by atoms with Gasteiger partial charge in [0.2, 0.25) is 0 Å². The van der Waals surface area contributed by atoms with Gasteiger partial charge in [0.05, 0.1) is 5.02 Å². The van der Waals surface area contributed by atoms with E-state index in [0.717, 1.165) is 24.4 Å². The summed E-state index contributed by atoms with van der Waals surface area (Å²) in [6.45, 7) is 3.13. The molecule has 0 saturated heterocycles. The molecule has 1 fully saturated rings. The van der Waals surface area contributed by atoms with Crippen LogP contribution in [0.15, 0.2) is 18.2 Å². The predicted octanol–water partition coefficient (Wildman–Crippen LogP) is 4.58. The minimum absolute atomic E-state index is 0.233. The first kappa shape index (κ1) is 14.8. The van der Waals surface area contributed by atoms with Crippen LogP contribution in [0, 0.1) is 11.7 Å². The molecule has 1 saturated carbocycles. The molecule has 1 atom stereocenters. The number of rotatable bonds is 5. The maximum absolute atomic E-state index is 13.2. The zero-order valence-corrected chi connectivity index (χ0v) is 12.3. The van der Waals surface area contributed by atoms with E-state index in [-0.39, 0.29) is 10.8 Å². The largest absolute Gasteiger partial charge is 0.314 e. The fraction of sp³-hybridized carbons (Fsp3) is 0.625. The molecule has 0 heterocycles. The van der Waals surface area contributed by atoms with Crippen molar-refractivity contribution in [1.82, 2.24) is 5.32 Å². The van der Waals surface area contributed by atoms with Crippen LogP contribution in [0.4, 0.5) is 4.39 Å². The smallest absolute Gasteiger partial charge is 0.141 e. The molecule has 1 aromatic rings.